The summed E-state index contributed by atoms with van der Waals surface area (Å²) in [6, 6.07) is 4.76. The van der Waals surface area contributed by atoms with E-state index in [-0.39, 0.29) is 36.9 Å². The lowest BCUT2D eigenvalue weighted by Crippen LogP contribution is -2.60. The molecular weight excluding hydrogens is 540 g/mol. The summed E-state index contributed by atoms with van der Waals surface area (Å²) in [6.07, 6.45) is 6.49. The number of rotatable bonds is 14. The first kappa shape index (κ1) is 30.4. The quantitative estimate of drug-likeness (QED) is 0.277. The van der Waals surface area contributed by atoms with Crippen LogP contribution in [-0.2, 0) is 35.1 Å². The number of benzene rings is 1. The second-order valence-electron chi connectivity index (χ2n) is 12.5. The number of epoxide rings is 1. The maximum atomic E-state index is 13.7. The van der Waals surface area contributed by atoms with E-state index in [1.54, 1.807) is 33.1 Å². The average Bonchev–Trinajstić information content (AvgIpc) is 3.50. The monoisotopic (exact) mass is 584 g/mol. The molecule has 6 atom stereocenters. The highest BCUT2D eigenvalue weighted by atomic mass is 16.6. The Labute approximate surface area is 247 Å². The van der Waals surface area contributed by atoms with E-state index in [2.05, 4.69) is 16.0 Å². The molecule has 4 aliphatic heterocycles. The molecule has 42 heavy (non-hydrogen) atoms. The molecule has 230 valence electrons. The van der Waals surface area contributed by atoms with Gasteiger partial charge in [-0.25, -0.2) is 0 Å². The first-order valence-corrected chi connectivity index (χ1v) is 15.2. The summed E-state index contributed by atoms with van der Waals surface area (Å²) in [4.78, 5) is 55.1. The smallest absolute Gasteiger partial charge is 0.243 e. The van der Waals surface area contributed by atoms with E-state index in [9.17, 15) is 19.2 Å². The minimum atomic E-state index is -0.955. The summed E-state index contributed by atoms with van der Waals surface area (Å²) in [6.45, 7) is 5.31. The van der Waals surface area contributed by atoms with Gasteiger partial charge in [0.05, 0.1) is 38.5 Å². The van der Waals surface area contributed by atoms with Crippen LogP contribution in [0.4, 0.5) is 0 Å². The number of fused-ring (bicyclic) bond motifs is 2. The highest BCUT2D eigenvalue weighted by Crippen LogP contribution is 2.33. The van der Waals surface area contributed by atoms with Crippen molar-refractivity contribution in [3.05, 3.63) is 29.8 Å². The maximum Gasteiger partial charge on any atom is 0.243 e. The molecule has 4 unspecified atom stereocenters. The van der Waals surface area contributed by atoms with Crippen molar-refractivity contribution in [2.24, 2.45) is 5.92 Å². The van der Waals surface area contributed by atoms with E-state index >= 15 is 0 Å². The van der Waals surface area contributed by atoms with Crippen molar-refractivity contribution in [3.8, 4) is 5.75 Å². The predicted molar refractivity (Wildman–Crippen MR) is 154 cm³/mol. The zero-order chi connectivity index (χ0) is 29.9. The summed E-state index contributed by atoms with van der Waals surface area (Å²) < 4.78 is 16.3. The molecule has 3 amide bonds. The summed E-state index contributed by atoms with van der Waals surface area (Å²) >= 11 is 0. The van der Waals surface area contributed by atoms with Crippen LogP contribution in [0.2, 0.25) is 0 Å². The third-order valence-electron chi connectivity index (χ3n) is 8.98. The SMILES string of the molecule is COc1ccc(C[C@H](NC(=O)[C@H](C)NC(=O)CN2CC3CC(C2)O3)C(=O)NC(CC2CCCC2)C(=O)C2(C)CO2)cc1. The maximum absolute atomic E-state index is 13.7. The fraction of sp³-hybridized carbons (Fsp3) is 0.677. The summed E-state index contributed by atoms with van der Waals surface area (Å²) in [5.41, 5.74) is -0.0552. The Balaban J connectivity index is 1.23. The number of piperidine rings is 1. The van der Waals surface area contributed by atoms with Gasteiger partial charge in [0.1, 0.15) is 23.4 Å². The summed E-state index contributed by atoms with van der Waals surface area (Å²) in [5, 5.41) is 8.57. The van der Waals surface area contributed by atoms with Crippen molar-refractivity contribution < 1.29 is 33.4 Å². The van der Waals surface area contributed by atoms with E-state index in [1.807, 2.05) is 17.0 Å². The molecule has 1 aromatic carbocycles. The molecule has 5 aliphatic rings. The molecule has 11 nitrogen and oxygen atoms in total. The predicted octanol–water partition coefficient (Wildman–Crippen LogP) is 1.12. The van der Waals surface area contributed by atoms with E-state index in [4.69, 9.17) is 14.2 Å². The Bertz CT molecular complexity index is 1130. The van der Waals surface area contributed by atoms with Crippen molar-refractivity contribution >= 4 is 23.5 Å². The number of carbonyl (C=O) groups excluding carboxylic acids is 4. The van der Waals surface area contributed by atoms with E-state index in [0.29, 0.717) is 37.8 Å². The van der Waals surface area contributed by atoms with Crippen molar-refractivity contribution in [2.45, 2.75) is 94.7 Å². The Hall–Kier alpha value is -3.02. The first-order chi connectivity index (χ1) is 20.1. The lowest BCUT2D eigenvalue weighted by molar-refractivity contribution is -0.181. The molecule has 6 rings (SSSR count). The molecule has 0 radical (unpaired) electrons. The molecule has 1 aromatic rings. The molecular formula is C31H44N4O7. The Morgan fingerprint density at radius 1 is 1.00 bits per heavy atom. The molecule has 11 heteroatoms. The van der Waals surface area contributed by atoms with Crippen molar-refractivity contribution in [2.75, 3.05) is 33.4 Å². The number of hydrogen-bond acceptors (Lipinski definition) is 8. The van der Waals surface area contributed by atoms with Gasteiger partial charge in [-0.2, -0.15) is 0 Å². The van der Waals surface area contributed by atoms with Crippen LogP contribution in [0.1, 0.15) is 57.9 Å². The first-order valence-electron chi connectivity index (χ1n) is 15.2. The average molecular weight is 585 g/mol. The van der Waals surface area contributed by atoms with Gasteiger partial charge in [-0.15, -0.1) is 0 Å². The number of ketones is 1. The van der Waals surface area contributed by atoms with Gasteiger partial charge < -0.3 is 30.2 Å². The second kappa shape index (κ2) is 13.1. The summed E-state index contributed by atoms with van der Waals surface area (Å²) in [5.74, 6) is -0.251. The van der Waals surface area contributed by atoms with Gasteiger partial charge in [0.15, 0.2) is 5.78 Å². The molecule has 3 N–H and O–H groups in total. The standard InChI is InChI=1S/C31H44N4O7/c1-19(32-27(36)17-35-15-23-14-24(16-35)42-23)29(38)34-26(13-21-8-10-22(40-3)11-9-21)30(39)33-25(12-20-6-4-5-7-20)28(37)31(2)18-41-31/h8-11,19-20,23-26H,4-7,12-18H2,1-3H3,(H,32,36)(H,33,39)(H,34,38)/t19-,23?,24?,25?,26-,31?/m0/s1. The molecule has 0 spiro atoms. The Kier molecular flexibility index (Phi) is 9.49. The number of amides is 3. The number of hydrogen-bond donors (Lipinski definition) is 3. The topological polar surface area (TPSA) is 139 Å². The van der Waals surface area contributed by atoms with E-state index < -0.39 is 35.5 Å². The van der Waals surface area contributed by atoms with Gasteiger partial charge in [0.25, 0.3) is 0 Å². The molecule has 4 saturated heterocycles. The van der Waals surface area contributed by atoms with Crippen LogP contribution in [0, 0.1) is 5.92 Å². The molecule has 2 bridgehead atoms. The number of methoxy groups -OCH3 is 1. The van der Waals surface area contributed by atoms with Crippen LogP contribution < -0.4 is 20.7 Å². The largest absolute Gasteiger partial charge is 0.497 e. The molecule has 1 saturated carbocycles. The highest BCUT2D eigenvalue weighted by Gasteiger charge is 2.50. The van der Waals surface area contributed by atoms with Gasteiger partial charge in [-0.3, -0.25) is 24.1 Å². The molecule has 0 aromatic heterocycles. The van der Waals surface area contributed by atoms with E-state index in [1.165, 1.54) is 0 Å². The number of Topliss-reactive ketones (excluding diaryl/α,β-unsaturated/α-hetero) is 1. The second-order valence-corrected chi connectivity index (χ2v) is 12.5. The summed E-state index contributed by atoms with van der Waals surface area (Å²) in [7, 11) is 1.58. The number of nitrogens with zero attached hydrogens (tertiary/aromatic N) is 1. The van der Waals surface area contributed by atoms with Crippen LogP contribution in [0.5, 0.6) is 5.75 Å². The van der Waals surface area contributed by atoms with Crippen LogP contribution in [0.15, 0.2) is 24.3 Å². The number of morpholine rings is 1. The number of ether oxygens (including phenoxy) is 3. The van der Waals surface area contributed by atoms with Crippen molar-refractivity contribution in [3.63, 3.8) is 0 Å². The zero-order valence-electron chi connectivity index (χ0n) is 24.9. The minimum absolute atomic E-state index is 0.126. The van der Waals surface area contributed by atoms with Crippen molar-refractivity contribution in [1.82, 2.24) is 20.9 Å². The molecule has 1 aliphatic carbocycles. The Morgan fingerprint density at radius 3 is 2.21 bits per heavy atom. The van der Waals surface area contributed by atoms with Gasteiger partial charge in [0.2, 0.25) is 17.7 Å². The fourth-order valence-corrected chi connectivity index (χ4v) is 6.33. The van der Waals surface area contributed by atoms with Crippen LogP contribution in [0.3, 0.4) is 0 Å². The van der Waals surface area contributed by atoms with Crippen LogP contribution in [0.25, 0.3) is 0 Å². The van der Waals surface area contributed by atoms with E-state index in [0.717, 1.165) is 37.7 Å². The normalized spacial score (nSPS) is 27.2. The lowest BCUT2D eigenvalue weighted by Gasteiger charge is -2.46. The van der Waals surface area contributed by atoms with Gasteiger partial charge >= 0.3 is 0 Å². The molecule has 5 fully saturated rings. The minimum Gasteiger partial charge on any atom is -0.497 e. The number of carbonyl (C=O) groups is 4. The third kappa shape index (κ3) is 7.67. The van der Waals surface area contributed by atoms with Crippen LogP contribution in [-0.4, -0.2) is 97.7 Å². The van der Waals surface area contributed by atoms with Gasteiger partial charge in [0, 0.05) is 25.9 Å². The number of nitrogens with one attached hydrogen (secondary N) is 3. The van der Waals surface area contributed by atoms with Crippen LogP contribution >= 0.6 is 0 Å². The van der Waals surface area contributed by atoms with Gasteiger partial charge in [-0.05, 0) is 43.9 Å². The third-order valence-corrected chi connectivity index (χ3v) is 8.98. The molecule has 4 heterocycles. The highest BCUT2D eigenvalue weighted by molar-refractivity contribution is 5.98. The Morgan fingerprint density at radius 2 is 1.62 bits per heavy atom. The lowest BCUT2D eigenvalue weighted by atomic mass is 9.90. The van der Waals surface area contributed by atoms with Crippen molar-refractivity contribution in [1.29, 1.82) is 0 Å². The zero-order valence-corrected chi connectivity index (χ0v) is 24.9. The fourth-order valence-electron chi connectivity index (χ4n) is 6.33. The van der Waals surface area contributed by atoms with Gasteiger partial charge in [-0.1, -0.05) is 37.8 Å².